The van der Waals surface area contributed by atoms with E-state index in [-0.39, 0.29) is 25.0 Å². The predicted molar refractivity (Wildman–Crippen MR) is 124 cm³/mol. The van der Waals surface area contributed by atoms with Crippen LogP contribution in [0.25, 0.3) is 0 Å². The SMILES string of the molecule is CC(C)CNC(=O)[C@@H](C)N(Cc1c(Cl)cccc1Cl)C(=O)COc1ccc(Br)cc1. The van der Waals surface area contributed by atoms with Gasteiger partial charge >= 0.3 is 0 Å². The number of ether oxygens (including phenoxy) is 1. The fraction of sp³-hybridized carbons (Fsp3) is 0.364. The van der Waals surface area contributed by atoms with E-state index in [0.29, 0.717) is 33.8 Å². The highest BCUT2D eigenvalue weighted by Gasteiger charge is 2.27. The minimum atomic E-state index is -0.725. The van der Waals surface area contributed by atoms with Gasteiger partial charge in [-0.25, -0.2) is 0 Å². The number of nitrogens with zero attached hydrogens (tertiary/aromatic N) is 1. The van der Waals surface area contributed by atoms with E-state index in [1.165, 1.54) is 4.90 Å². The molecule has 8 heteroatoms. The average Bonchev–Trinajstić information content (AvgIpc) is 2.70. The number of benzene rings is 2. The van der Waals surface area contributed by atoms with Gasteiger partial charge in [0.05, 0.1) is 0 Å². The third kappa shape index (κ3) is 7.18. The van der Waals surface area contributed by atoms with Crippen molar-refractivity contribution in [3.05, 3.63) is 62.5 Å². The Kier molecular flexibility index (Phi) is 9.46. The van der Waals surface area contributed by atoms with Gasteiger partial charge in [-0.2, -0.15) is 0 Å². The van der Waals surface area contributed by atoms with E-state index in [1.807, 2.05) is 26.0 Å². The van der Waals surface area contributed by atoms with E-state index in [4.69, 9.17) is 27.9 Å². The molecule has 0 aliphatic heterocycles. The monoisotopic (exact) mass is 514 g/mol. The molecule has 0 heterocycles. The summed E-state index contributed by atoms with van der Waals surface area (Å²) >= 11 is 15.9. The van der Waals surface area contributed by atoms with E-state index in [0.717, 1.165) is 4.47 Å². The molecule has 0 saturated heterocycles. The van der Waals surface area contributed by atoms with Crippen molar-refractivity contribution in [2.45, 2.75) is 33.4 Å². The second-order valence-electron chi connectivity index (χ2n) is 7.28. The predicted octanol–water partition coefficient (Wildman–Crippen LogP) is 5.32. The van der Waals surface area contributed by atoms with Crippen LogP contribution in [0.5, 0.6) is 5.75 Å². The summed E-state index contributed by atoms with van der Waals surface area (Å²) in [4.78, 5) is 27.1. The van der Waals surface area contributed by atoms with Gasteiger partial charge in [0, 0.05) is 33.2 Å². The van der Waals surface area contributed by atoms with Crippen molar-refractivity contribution in [2.24, 2.45) is 5.92 Å². The first kappa shape index (κ1) is 24.5. The molecule has 1 N–H and O–H groups in total. The van der Waals surface area contributed by atoms with Gasteiger partial charge in [0.25, 0.3) is 5.91 Å². The zero-order valence-electron chi connectivity index (χ0n) is 17.1. The highest BCUT2D eigenvalue weighted by atomic mass is 79.9. The molecule has 162 valence electrons. The number of amides is 2. The van der Waals surface area contributed by atoms with Crippen LogP contribution in [0.2, 0.25) is 10.0 Å². The Morgan fingerprint density at radius 2 is 1.67 bits per heavy atom. The molecular formula is C22H25BrCl2N2O3. The average molecular weight is 516 g/mol. The summed E-state index contributed by atoms with van der Waals surface area (Å²) in [6, 6.07) is 11.6. The lowest BCUT2D eigenvalue weighted by atomic mass is 10.1. The van der Waals surface area contributed by atoms with E-state index in [9.17, 15) is 9.59 Å². The molecule has 0 aliphatic rings. The topological polar surface area (TPSA) is 58.6 Å². The fourth-order valence-corrected chi connectivity index (χ4v) is 3.43. The van der Waals surface area contributed by atoms with Crippen LogP contribution in [0, 0.1) is 5.92 Å². The first-order valence-electron chi connectivity index (χ1n) is 9.57. The maximum Gasteiger partial charge on any atom is 0.261 e. The van der Waals surface area contributed by atoms with Crippen LogP contribution in [0.4, 0.5) is 0 Å². The van der Waals surface area contributed by atoms with Gasteiger partial charge in [0.2, 0.25) is 5.91 Å². The first-order chi connectivity index (χ1) is 14.2. The molecule has 0 bridgehead atoms. The number of hydrogen-bond donors (Lipinski definition) is 1. The maximum atomic E-state index is 13.0. The van der Waals surface area contributed by atoms with E-state index in [2.05, 4.69) is 21.2 Å². The zero-order valence-corrected chi connectivity index (χ0v) is 20.2. The number of halogens is 3. The summed E-state index contributed by atoms with van der Waals surface area (Å²) in [6.45, 7) is 6.08. The molecule has 5 nitrogen and oxygen atoms in total. The molecule has 0 fully saturated rings. The van der Waals surface area contributed by atoms with Gasteiger partial charge in [0.15, 0.2) is 6.61 Å². The van der Waals surface area contributed by atoms with Crippen molar-refractivity contribution < 1.29 is 14.3 Å². The third-order valence-electron chi connectivity index (χ3n) is 4.42. The van der Waals surface area contributed by atoms with E-state index >= 15 is 0 Å². The number of carbonyl (C=O) groups excluding carboxylic acids is 2. The molecule has 1 atom stereocenters. The highest BCUT2D eigenvalue weighted by Crippen LogP contribution is 2.26. The Bertz CT molecular complexity index is 855. The van der Waals surface area contributed by atoms with Gasteiger partial charge in [-0.15, -0.1) is 0 Å². The molecule has 2 rings (SSSR count). The summed E-state index contributed by atoms with van der Waals surface area (Å²) in [7, 11) is 0. The van der Waals surface area contributed by atoms with Crippen molar-refractivity contribution in [1.82, 2.24) is 10.2 Å². The second-order valence-corrected chi connectivity index (χ2v) is 9.01. The molecule has 0 spiro atoms. The summed E-state index contributed by atoms with van der Waals surface area (Å²) in [5.74, 6) is 0.258. The Morgan fingerprint density at radius 1 is 1.07 bits per heavy atom. The van der Waals surface area contributed by atoms with Crippen molar-refractivity contribution in [1.29, 1.82) is 0 Å². The lowest BCUT2D eigenvalue weighted by Gasteiger charge is -2.29. The van der Waals surface area contributed by atoms with Crippen LogP contribution in [0.15, 0.2) is 46.9 Å². The first-order valence-corrected chi connectivity index (χ1v) is 11.1. The van der Waals surface area contributed by atoms with Gasteiger partial charge in [0.1, 0.15) is 11.8 Å². The van der Waals surface area contributed by atoms with Gasteiger partial charge in [-0.3, -0.25) is 9.59 Å². The summed E-state index contributed by atoms with van der Waals surface area (Å²) in [5.41, 5.74) is 0.585. The Morgan fingerprint density at radius 3 is 2.23 bits per heavy atom. The minimum absolute atomic E-state index is 0.0945. The molecule has 0 radical (unpaired) electrons. The molecule has 0 saturated carbocycles. The molecule has 0 aliphatic carbocycles. The summed E-state index contributed by atoms with van der Waals surface area (Å²) < 4.78 is 6.53. The third-order valence-corrected chi connectivity index (χ3v) is 5.65. The molecule has 2 aromatic rings. The Labute approximate surface area is 195 Å². The highest BCUT2D eigenvalue weighted by molar-refractivity contribution is 9.10. The van der Waals surface area contributed by atoms with Crippen molar-refractivity contribution in [3.63, 3.8) is 0 Å². The number of rotatable bonds is 9. The van der Waals surface area contributed by atoms with Crippen molar-refractivity contribution >= 4 is 50.9 Å². The lowest BCUT2D eigenvalue weighted by Crippen LogP contribution is -2.49. The van der Waals surface area contributed by atoms with Crippen molar-refractivity contribution in [3.8, 4) is 5.75 Å². The van der Waals surface area contributed by atoms with E-state index in [1.54, 1.807) is 37.3 Å². The Hall–Kier alpha value is -1.76. The van der Waals surface area contributed by atoms with Gasteiger partial charge in [-0.05, 0) is 49.2 Å². The fourth-order valence-electron chi connectivity index (χ4n) is 2.65. The maximum absolute atomic E-state index is 13.0. The standard InChI is InChI=1S/C22H25BrCl2N2O3/c1-14(2)11-26-22(29)15(3)27(12-18-19(24)5-4-6-20(18)25)21(28)13-30-17-9-7-16(23)8-10-17/h4-10,14-15H,11-13H2,1-3H3,(H,26,29)/t15-/m1/s1. The van der Waals surface area contributed by atoms with Crippen LogP contribution in [0.1, 0.15) is 26.3 Å². The molecule has 2 aromatic carbocycles. The van der Waals surface area contributed by atoms with Gasteiger partial charge < -0.3 is 15.0 Å². The van der Waals surface area contributed by atoms with Crippen LogP contribution >= 0.6 is 39.1 Å². The largest absolute Gasteiger partial charge is 0.484 e. The molecular weight excluding hydrogens is 491 g/mol. The van der Waals surface area contributed by atoms with Gasteiger partial charge in [-0.1, -0.05) is 59.0 Å². The second kappa shape index (κ2) is 11.6. The number of nitrogens with one attached hydrogen (secondary N) is 1. The molecule has 0 unspecified atom stereocenters. The number of carbonyl (C=O) groups is 2. The van der Waals surface area contributed by atoms with Crippen molar-refractivity contribution in [2.75, 3.05) is 13.2 Å². The van der Waals surface area contributed by atoms with Crippen LogP contribution in [0.3, 0.4) is 0 Å². The van der Waals surface area contributed by atoms with E-state index < -0.39 is 6.04 Å². The molecule has 2 amide bonds. The normalized spacial score (nSPS) is 11.8. The minimum Gasteiger partial charge on any atom is -0.484 e. The Balaban J connectivity index is 2.19. The number of hydrogen-bond acceptors (Lipinski definition) is 3. The summed E-state index contributed by atoms with van der Waals surface area (Å²) in [5, 5.41) is 3.74. The summed E-state index contributed by atoms with van der Waals surface area (Å²) in [6.07, 6.45) is 0. The smallest absolute Gasteiger partial charge is 0.261 e. The lowest BCUT2D eigenvalue weighted by molar-refractivity contribution is -0.142. The quantitative estimate of drug-likeness (QED) is 0.491. The van der Waals surface area contributed by atoms with Crippen LogP contribution < -0.4 is 10.1 Å². The zero-order chi connectivity index (χ0) is 22.3. The molecule has 30 heavy (non-hydrogen) atoms. The van der Waals surface area contributed by atoms with Crippen LogP contribution in [-0.4, -0.2) is 35.9 Å². The molecule has 0 aromatic heterocycles. The van der Waals surface area contributed by atoms with Crippen LogP contribution in [-0.2, 0) is 16.1 Å².